The van der Waals surface area contributed by atoms with E-state index in [0.29, 0.717) is 5.69 Å². The zero-order valence-corrected chi connectivity index (χ0v) is 7.91. The molecule has 0 unspecified atom stereocenters. The second-order valence-corrected chi connectivity index (χ2v) is 2.62. The van der Waals surface area contributed by atoms with Crippen molar-refractivity contribution >= 4 is 5.91 Å². The van der Waals surface area contributed by atoms with Gasteiger partial charge in [-0.1, -0.05) is 0 Å². The fourth-order valence-corrected chi connectivity index (χ4v) is 0.849. The summed E-state index contributed by atoms with van der Waals surface area (Å²) in [4.78, 5) is 23.1. The summed E-state index contributed by atoms with van der Waals surface area (Å²) < 4.78 is 23.3. The zero-order valence-electron chi connectivity index (χ0n) is 7.91. The second kappa shape index (κ2) is 5.30. The predicted molar refractivity (Wildman–Crippen MR) is 46.2 cm³/mol. The molecule has 0 atom stereocenters. The Balaban J connectivity index is 2.51. The lowest BCUT2D eigenvalue weighted by atomic mass is 10.3. The van der Waals surface area contributed by atoms with Crippen LogP contribution in [-0.2, 0) is 4.84 Å². The van der Waals surface area contributed by atoms with Crippen molar-refractivity contribution in [1.29, 1.82) is 0 Å². The molecule has 5 nitrogen and oxygen atoms in total. The van der Waals surface area contributed by atoms with Crippen molar-refractivity contribution in [3.8, 4) is 0 Å². The first-order chi connectivity index (χ1) is 7.11. The Kier molecular flexibility index (Phi) is 4.04. The molecule has 0 spiro atoms. The van der Waals surface area contributed by atoms with Crippen molar-refractivity contribution in [2.24, 2.45) is 0 Å². The molecule has 0 bridgehead atoms. The average molecular weight is 217 g/mol. The molecule has 1 heterocycles. The number of hydroxylamine groups is 1. The molecule has 1 aromatic rings. The normalized spacial score (nSPS) is 10.4. The monoisotopic (exact) mass is 217 g/mol. The van der Waals surface area contributed by atoms with Gasteiger partial charge in [0.15, 0.2) is 5.69 Å². The van der Waals surface area contributed by atoms with Gasteiger partial charge in [0.1, 0.15) is 6.61 Å². The van der Waals surface area contributed by atoms with Crippen LogP contribution in [0.1, 0.15) is 16.2 Å². The van der Waals surface area contributed by atoms with Crippen LogP contribution in [0.2, 0.25) is 0 Å². The second-order valence-electron chi connectivity index (χ2n) is 2.62. The van der Waals surface area contributed by atoms with Crippen LogP contribution >= 0.6 is 0 Å². The van der Waals surface area contributed by atoms with E-state index in [4.69, 9.17) is 0 Å². The summed E-state index contributed by atoms with van der Waals surface area (Å²) in [6.45, 7) is 0.722. The minimum Gasteiger partial charge on any atom is -0.267 e. The Morgan fingerprint density at radius 2 is 2.20 bits per heavy atom. The molecule has 0 radical (unpaired) electrons. The molecule has 0 aliphatic rings. The molecule has 0 fully saturated rings. The number of carbonyl (C=O) groups excluding carboxylic acids is 1. The minimum atomic E-state index is -2.63. The summed E-state index contributed by atoms with van der Waals surface area (Å²) in [5.74, 6) is -0.693. The summed E-state index contributed by atoms with van der Waals surface area (Å²) >= 11 is 0. The van der Waals surface area contributed by atoms with Crippen LogP contribution in [0.5, 0.6) is 0 Å². The van der Waals surface area contributed by atoms with Gasteiger partial charge in [0.05, 0.1) is 5.69 Å². The molecule has 1 N–H and O–H groups in total. The van der Waals surface area contributed by atoms with Gasteiger partial charge < -0.3 is 0 Å². The Morgan fingerprint density at radius 3 is 2.80 bits per heavy atom. The molecule has 1 rings (SSSR count). The molecule has 0 aromatic carbocycles. The van der Waals surface area contributed by atoms with Gasteiger partial charge in [0.2, 0.25) is 0 Å². The maximum absolute atomic E-state index is 11.7. The quantitative estimate of drug-likeness (QED) is 0.754. The lowest BCUT2D eigenvalue weighted by Gasteiger charge is -2.05. The Morgan fingerprint density at radius 1 is 1.53 bits per heavy atom. The number of alkyl halides is 2. The molecular formula is C8H9F2N3O2. The SMILES string of the molecule is Cc1nccnc1C(=O)NOCC(F)F. The minimum absolute atomic E-state index is 0.0479. The van der Waals surface area contributed by atoms with Crippen LogP contribution in [0.25, 0.3) is 0 Å². The third-order valence-corrected chi connectivity index (χ3v) is 1.47. The van der Waals surface area contributed by atoms with E-state index in [1.807, 2.05) is 5.48 Å². The maximum atomic E-state index is 11.7. The fraction of sp³-hybridized carbons (Fsp3) is 0.375. The molecule has 15 heavy (non-hydrogen) atoms. The molecule has 1 amide bonds. The topological polar surface area (TPSA) is 64.1 Å². The predicted octanol–water partition coefficient (Wildman–Crippen LogP) is 0.712. The highest BCUT2D eigenvalue weighted by Gasteiger charge is 2.11. The van der Waals surface area contributed by atoms with Gasteiger partial charge in [-0.3, -0.25) is 14.6 Å². The third-order valence-electron chi connectivity index (χ3n) is 1.47. The maximum Gasteiger partial charge on any atom is 0.295 e. The number of hydrogen-bond donors (Lipinski definition) is 1. The number of aromatic nitrogens is 2. The highest BCUT2D eigenvalue weighted by molar-refractivity contribution is 5.92. The van der Waals surface area contributed by atoms with Crippen molar-refractivity contribution in [3.05, 3.63) is 23.8 Å². The van der Waals surface area contributed by atoms with Crippen LogP contribution in [-0.4, -0.2) is 28.9 Å². The summed E-state index contributed by atoms with van der Waals surface area (Å²) in [5, 5.41) is 0. The number of nitrogens with zero attached hydrogens (tertiary/aromatic N) is 2. The van der Waals surface area contributed by atoms with Gasteiger partial charge in [-0.15, -0.1) is 0 Å². The van der Waals surface area contributed by atoms with Gasteiger partial charge in [0, 0.05) is 12.4 Å². The molecule has 0 saturated carbocycles. The summed E-state index contributed by atoms with van der Waals surface area (Å²) in [7, 11) is 0. The molecule has 82 valence electrons. The summed E-state index contributed by atoms with van der Waals surface area (Å²) in [6.07, 6.45) is 0.120. The van der Waals surface area contributed by atoms with Gasteiger partial charge in [0.25, 0.3) is 12.3 Å². The van der Waals surface area contributed by atoms with E-state index >= 15 is 0 Å². The lowest BCUT2D eigenvalue weighted by Crippen LogP contribution is -2.27. The molecule has 1 aromatic heterocycles. The van der Waals surface area contributed by atoms with Crippen molar-refractivity contribution in [3.63, 3.8) is 0 Å². The van der Waals surface area contributed by atoms with Crippen molar-refractivity contribution < 1.29 is 18.4 Å². The van der Waals surface area contributed by atoms with Crippen LogP contribution in [0.4, 0.5) is 8.78 Å². The van der Waals surface area contributed by atoms with Gasteiger partial charge in [-0.25, -0.2) is 19.2 Å². The first-order valence-electron chi connectivity index (χ1n) is 4.09. The molecule has 0 aliphatic carbocycles. The molecule has 0 aliphatic heterocycles. The van der Waals surface area contributed by atoms with E-state index in [9.17, 15) is 13.6 Å². The van der Waals surface area contributed by atoms with Crippen LogP contribution in [0.3, 0.4) is 0 Å². The Hall–Kier alpha value is -1.63. The first-order valence-corrected chi connectivity index (χ1v) is 4.09. The zero-order chi connectivity index (χ0) is 11.3. The summed E-state index contributed by atoms with van der Waals surface area (Å²) in [5.41, 5.74) is 2.30. The highest BCUT2D eigenvalue weighted by atomic mass is 19.3. The average Bonchev–Trinajstić information content (AvgIpc) is 2.17. The number of nitrogens with one attached hydrogen (secondary N) is 1. The number of rotatable bonds is 4. The fourth-order valence-electron chi connectivity index (χ4n) is 0.849. The van der Waals surface area contributed by atoms with Crippen molar-refractivity contribution in [2.45, 2.75) is 13.3 Å². The van der Waals surface area contributed by atoms with Crippen molar-refractivity contribution in [2.75, 3.05) is 6.61 Å². The van der Waals surface area contributed by atoms with Crippen molar-refractivity contribution in [1.82, 2.24) is 15.4 Å². The lowest BCUT2D eigenvalue weighted by molar-refractivity contribution is -0.0255. The van der Waals surface area contributed by atoms with Gasteiger partial charge in [-0.05, 0) is 6.92 Å². The highest BCUT2D eigenvalue weighted by Crippen LogP contribution is 1.99. The van der Waals surface area contributed by atoms with Crippen LogP contribution in [0, 0.1) is 6.92 Å². The van der Waals surface area contributed by atoms with E-state index in [-0.39, 0.29) is 5.69 Å². The van der Waals surface area contributed by atoms with E-state index < -0.39 is 18.9 Å². The molecule has 7 heteroatoms. The number of hydrogen-bond acceptors (Lipinski definition) is 4. The summed E-state index contributed by atoms with van der Waals surface area (Å²) in [6, 6.07) is 0. The van der Waals surface area contributed by atoms with E-state index in [1.54, 1.807) is 6.92 Å². The van der Waals surface area contributed by atoms with Gasteiger partial charge >= 0.3 is 0 Å². The van der Waals surface area contributed by atoms with E-state index in [1.165, 1.54) is 12.4 Å². The number of halogens is 2. The van der Waals surface area contributed by atoms with E-state index in [0.717, 1.165) is 0 Å². The first kappa shape index (κ1) is 11.4. The molecular weight excluding hydrogens is 208 g/mol. The van der Waals surface area contributed by atoms with E-state index in [2.05, 4.69) is 14.8 Å². The largest absolute Gasteiger partial charge is 0.295 e. The number of carbonyl (C=O) groups is 1. The molecule has 0 saturated heterocycles. The standard InChI is InChI=1S/C8H9F2N3O2/c1-5-7(12-3-2-11-5)8(14)13-15-4-6(9)10/h2-3,6H,4H2,1H3,(H,13,14). The van der Waals surface area contributed by atoms with Crippen LogP contribution in [0.15, 0.2) is 12.4 Å². The smallest absolute Gasteiger partial charge is 0.267 e. The Bertz CT molecular complexity index is 346. The Labute approximate surface area is 84.4 Å². The van der Waals surface area contributed by atoms with Gasteiger partial charge in [-0.2, -0.15) is 0 Å². The number of aryl methyl sites for hydroxylation is 1. The van der Waals surface area contributed by atoms with Crippen LogP contribution < -0.4 is 5.48 Å². The third kappa shape index (κ3) is 3.55. The number of amides is 1.